The lowest BCUT2D eigenvalue weighted by Gasteiger charge is -2.27. The van der Waals surface area contributed by atoms with Gasteiger partial charge in [0.15, 0.2) is 5.82 Å². The Balaban J connectivity index is 1.50. The number of hydrogen-bond donors (Lipinski definition) is 1. The van der Waals surface area contributed by atoms with E-state index in [1.165, 1.54) is 12.1 Å². The van der Waals surface area contributed by atoms with Crippen LogP contribution in [0.5, 0.6) is 5.75 Å². The maximum Gasteiger partial charge on any atom is 0.573 e. The van der Waals surface area contributed by atoms with Crippen LogP contribution >= 0.6 is 0 Å². The number of fused-ring (bicyclic) bond motifs is 1. The van der Waals surface area contributed by atoms with Crippen molar-refractivity contribution in [1.29, 1.82) is 0 Å². The van der Waals surface area contributed by atoms with Crippen LogP contribution in [0.3, 0.4) is 0 Å². The van der Waals surface area contributed by atoms with Crippen molar-refractivity contribution >= 4 is 0 Å². The molecule has 150 valence electrons. The van der Waals surface area contributed by atoms with Gasteiger partial charge in [0, 0.05) is 31.4 Å². The highest BCUT2D eigenvalue weighted by atomic mass is 19.4. The summed E-state index contributed by atoms with van der Waals surface area (Å²) in [6.45, 7) is 1.65. The van der Waals surface area contributed by atoms with E-state index in [4.69, 9.17) is 0 Å². The summed E-state index contributed by atoms with van der Waals surface area (Å²) in [6, 6.07) is 11.2. The number of ether oxygens (including phenoxy) is 1. The number of benzene rings is 1. The number of nitrogens with zero attached hydrogens (tertiary/aromatic N) is 3. The monoisotopic (exact) mass is 402 g/mol. The smallest absolute Gasteiger partial charge is 0.406 e. The maximum atomic E-state index is 12.4. The van der Waals surface area contributed by atoms with E-state index < -0.39 is 6.36 Å². The van der Waals surface area contributed by atoms with E-state index in [2.05, 4.69) is 24.6 Å². The molecule has 1 aliphatic rings. The molecule has 1 aromatic carbocycles. The first-order valence-electron chi connectivity index (χ1n) is 8.98. The Labute approximate surface area is 164 Å². The first kappa shape index (κ1) is 19.1. The number of aromatic nitrogens is 3. The molecule has 4 rings (SSSR count). The first-order valence-corrected chi connectivity index (χ1v) is 8.98. The van der Waals surface area contributed by atoms with Crippen LogP contribution in [0.4, 0.5) is 13.2 Å². The van der Waals surface area contributed by atoms with Crippen LogP contribution in [0.25, 0.3) is 11.5 Å². The molecule has 1 N–H and O–H groups in total. The van der Waals surface area contributed by atoms with Gasteiger partial charge in [0.2, 0.25) is 0 Å². The predicted molar refractivity (Wildman–Crippen MR) is 99.0 cm³/mol. The Morgan fingerprint density at radius 3 is 2.62 bits per heavy atom. The van der Waals surface area contributed by atoms with E-state index in [9.17, 15) is 18.0 Å². The number of nitrogens with one attached hydrogen (secondary N) is 1. The zero-order valence-corrected chi connectivity index (χ0v) is 15.2. The van der Waals surface area contributed by atoms with Gasteiger partial charge < -0.3 is 9.72 Å². The van der Waals surface area contributed by atoms with Gasteiger partial charge in [-0.3, -0.25) is 14.7 Å². The van der Waals surface area contributed by atoms with E-state index in [0.29, 0.717) is 48.8 Å². The second-order valence-corrected chi connectivity index (χ2v) is 6.71. The molecule has 0 amide bonds. The molecule has 0 aliphatic carbocycles. The minimum atomic E-state index is -4.71. The number of hydrogen-bond acceptors (Lipinski definition) is 5. The molecule has 0 saturated heterocycles. The molecule has 9 heteroatoms. The number of H-pyrrole nitrogens is 1. The van der Waals surface area contributed by atoms with E-state index >= 15 is 0 Å². The summed E-state index contributed by atoms with van der Waals surface area (Å²) in [5, 5.41) is 0. The Morgan fingerprint density at radius 2 is 1.93 bits per heavy atom. The summed E-state index contributed by atoms with van der Waals surface area (Å²) in [5.74, 6) is 0.170. The molecule has 0 atom stereocenters. The number of aromatic amines is 1. The molecular formula is C20H17F3N4O2. The van der Waals surface area contributed by atoms with Crippen molar-refractivity contribution in [2.24, 2.45) is 0 Å². The fourth-order valence-corrected chi connectivity index (χ4v) is 3.31. The zero-order chi connectivity index (χ0) is 20.4. The van der Waals surface area contributed by atoms with E-state index in [1.807, 2.05) is 6.07 Å². The molecule has 0 bridgehead atoms. The molecule has 29 heavy (non-hydrogen) atoms. The standard InChI is InChI=1S/C20H17F3N4O2/c21-20(22,23)29-14-6-4-13(5-7-14)11-27-10-8-15-17(12-27)25-18(26-19(15)28)16-3-1-2-9-24-16/h1-7,9H,8,10-12H2,(H,25,26,28). The number of alkyl halides is 3. The molecule has 0 saturated carbocycles. The van der Waals surface area contributed by atoms with E-state index in [1.54, 1.807) is 30.5 Å². The van der Waals surface area contributed by atoms with Gasteiger partial charge in [-0.25, -0.2) is 4.98 Å². The predicted octanol–water partition coefficient (Wildman–Crippen LogP) is 3.29. The van der Waals surface area contributed by atoms with Crippen molar-refractivity contribution in [3.63, 3.8) is 0 Å². The second-order valence-electron chi connectivity index (χ2n) is 6.71. The van der Waals surface area contributed by atoms with Crippen LogP contribution in [0.15, 0.2) is 53.5 Å². The van der Waals surface area contributed by atoms with Crippen molar-refractivity contribution in [3.8, 4) is 17.3 Å². The van der Waals surface area contributed by atoms with Gasteiger partial charge in [-0.15, -0.1) is 13.2 Å². The van der Waals surface area contributed by atoms with Crippen LogP contribution in [0.2, 0.25) is 0 Å². The third kappa shape index (κ3) is 4.62. The highest BCUT2D eigenvalue weighted by Crippen LogP contribution is 2.24. The number of rotatable bonds is 4. The SMILES string of the molecule is O=c1[nH]c(-c2ccccn2)nc2c1CCN(Cc1ccc(OC(F)(F)F)cc1)C2. The van der Waals surface area contributed by atoms with Gasteiger partial charge in [0.25, 0.3) is 5.56 Å². The van der Waals surface area contributed by atoms with Gasteiger partial charge in [0.05, 0.1) is 5.69 Å². The molecule has 3 aromatic rings. The van der Waals surface area contributed by atoms with Crippen LogP contribution in [0, 0.1) is 0 Å². The normalized spacial score (nSPS) is 14.4. The van der Waals surface area contributed by atoms with Crippen LogP contribution in [-0.4, -0.2) is 32.8 Å². The average molecular weight is 402 g/mol. The Kier molecular flexibility index (Phi) is 5.06. The van der Waals surface area contributed by atoms with Crippen molar-refractivity contribution in [2.75, 3.05) is 6.54 Å². The third-order valence-corrected chi connectivity index (χ3v) is 4.62. The highest BCUT2D eigenvalue weighted by Gasteiger charge is 2.31. The van der Waals surface area contributed by atoms with Crippen molar-refractivity contribution < 1.29 is 17.9 Å². The molecule has 1 aliphatic heterocycles. The zero-order valence-electron chi connectivity index (χ0n) is 15.2. The first-order chi connectivity index (χ1) is 13.9. The third-order valence-electron chi connectivity index (χ3n) is 4.62. The Hall–Kier alpha value is -3.20. The average Bonchev–Trinajstić information content (AvgIpc) is 2.69. The Bertz CT molecular complexity index is 1050. The van der Waals surface area contributed by atoms with Crippen molar-refractivity contribution in [2.45, 2.75) is 25.9 Å². The molecule has 0 radical (unpaired) electrons. The fourth-order valence-electron chi connectivity index (χ4n) is 3.31. The molecule has 0 unspecified atom stereocenters. The summed E-state index contributed by atoms with van der Waals surface area (Å²) in [5.41, 5.74) is 2.62. The summed E-state index contributed by atoms with van der Waals surface area (Å²) in [4.78, 5) is 26.1. The minimum Gasteiger partial charge on any atom is -0.406 e. The summed E-state index contributed by atoms with van der Waals surface area (Å²) >= 11 is 0. The minimum absolute atomic E-state index is 0.163. The van der Waals surface area contributed by atoms with Crippen molar-refractivity contribution in [3.05, 3.63) is 75.8 Å². The van der Waals surface area contributed by atoms with Crippen LogP contribution < -0.4 is 10.3 Å². The van der Waals surface area contributed by atoms with E-state index in [-0.39, 0.29) is 11.3 Å². The lowest BCUT2D eigenvalue weighted by atomic mass is 10.1. The van der Waals surface area contributed by atoms with Gasteiger partial charge in [-0.2, -0.15) is 0 Å². The topological polar surface area (TPSA) is 71.1 Å². The molecule has 0 fully saturated rings. The van der Waals surface area contributed by atoms with E-state index in [0.717, 1.165) is 5.56 Å². The summed E-state index contributed by atoms with van der Waals surface area (Å²) in [6.07, 6.45) is -2.52. The lowest BCUT2D eigenvalue weighted by molar-refractivity contribution is -0.274. The number of pyridine rings is 1. The molecular weight excluding hydrogens is 385 g/mol. The molecule has 6 nitrogen and oxygen atoms in total. The summed E-state index contributed by atoms with van der Waals surface area (Å²) < 4.78 is 40.7. The van der Waals surface area contributed by atoms with Gasteiger partial charge >= 0.3 is 6.36 Å². The van der Waals surface area contributed by atoms with Crippen LogP contribution in [0.1, 0.15) is 16.8 Å². The molecule has 0 spiro atoms. The van der Waals surface area contributed by atoms with Gasteiger partial charge in [0.1, 0.15) is 11.4 Å². The van der Waals surface area contributed by atoms with Crippen molar-refractivity contribution in [1.82, 2.24) is 19.9 Å². The van der Waals surface area contributed by atoms with Crippen LogP contribution in [-0.2, 0) is 19.5 Å². The molecule has 2 aromatic heterocycles. The highest BCUT2D eigenvalue weighted by molar-refractivity contribution is 5.49. The molecule has 3 heterocycles. The van der Waals surface area contributed by atoms with Gasteiger partial charge in [-0.1, -0.05) is 18.2 Å². The largest absolute Gasteiger partial charge is 0.573 e. The lowest BCUT2D eigenvalue weighted by Crippen LogP contribution is -2.35. The summed E-state index contributed by atoms with van der Waals surface area (Å²) in [7, 11) is 0. The Morgan fingerprint density at radius 1 is 1.14 bits per heavy atom. The van der Waals surface area contributed by atoms with Gasteiger partial charge in [-0.05, 0) is 36.2 Å². The quantitative estimate of drug-likeness (QED) is 0.725. The fraction of sp³-hybridized carbons (Fsp3) is 0.250. The maximum absolute atomic E-state index is 12.4. The number of halogens is 3. The second kappa shape index (κ2) is 7.67.